The van der Waals surface area contributed by atoms with Crippen LogP contribution in [0.1, 0.15) is 57.1 Å². The average Bonchev–Trinajstić information content (AvgIpc) is 2.99. The van der Waals surface area contributed by atoms with Gasteiger partial charge in [-0.2, -0.15) is 0 Å². The van der Waals surface area contributed by atoms with Crippen LogP contribution in [0.3, 0.4) is 0 Å². The third-order valence-electron chi connectivity index (χ3n) is 5.30. The molecule has 1 spiro atoms. The fraction of sp³-hybridized carbons (Fsp3) is 0.526. The Balaban J connectivity index is 1.58. The Labute approximate surface area is 142 Å². The predicted octanol–water partition coefficient (Wildman–Crippen LogP) is 2.57. The van der Waals surface area contributed by atoms with Gasteiger partial charge in [0.05, 0.1) is 6.04 Å². The highest BCUT2D eigenvalue weighted by atomic mass is 16.2. The molecular weight excluding hydrogens is 304 g/mol. The quantitative estimate of drug-likeness (QED) is 0.864. The number of hydrogen-bond donors (Lipinski definition) is 1. The zero-order valence-corrected chi connectivity index (χ0v) is 14.1. The number of carbonyl (C=O) groups is 3. The molecule has 5 heteroatoms. The molecule has 1 aromatic rings. The Morgan fingerprint density at radius 2 is 1.71 bits per heavy atom. The van der Waals surface area contributed by atoms with Crippen LogP contribution in [-0.2, 0) is 14.4 Å². The van der Waals surface area contributed by atoms with Crippen LogP contribution in [0.5, 0.6) is 0 Å². The first-order valence-electron chi connectivity index (χ1n) is 8.67. The van der Waals surface area contributed by atoms with Crippen LogP contribution in [-0.4, -0.2) is 29.2 Å². The van der Waals surface area contributed by atoms with Crippen molar-refractivity contribution in [1.82, 2.24) is 10.2 Å². The van der Waals surface area contributed by atoms with E-state index in [0.29, 0.717) is 12.8 Å². The minimum absolute atomic E-state index is 0.127. The van der Waals surface area contributed by atoms with Crippen LogP contribution in [0, 0.1) is 5.41 Å². The lowest BCUT2D eigenvalue weighted by molar-refractivity contribution is -0.155. The molecule has 1 atom stereocenters. The van der Waals surface area contributed by atoms with Gasteiger partial charge in [-0.25, -0.2) is 0 Å². The number of nitrogens with one attached hydrogen (secondary N) is 1. The summed E-state index contributed by atoms with van der Waals surface area (Å²) in [4.78, 5) is 38.1. The van der Waals surface area contributed by atoms with Gasteiger partial charge in [-0.05, 0) is 30.7 Å². The first kappa shape index (κ1) is 16.7. The summed E-state index contributed by atoms with van der Waals surface area (Å²) in [6.45, 7) is 1.71. The maximum Gasteiger partial charge on any atom is 0.240 e. The van der Waals surface area contributed by atoms with Crippen LogP contribution in [0.4, 0.5) is 0 Å². The van der Waals surface area contributed by atoms with E-state index in [1.807, 2.05) is 37.3 Å². The minimum Gasteiger partial charge on any atom is -0.348 e. The topological polar surface area (TPSA) is 66.5 Å². The summed E-state index contributed by atoms with van der Waals surface area (Å²) in [6.07, 6.45) is 4.90. The molecule has 0 unspecified atom stereocenters. The largest absolute Gasteiger partial charge is 0.348 e. The van der Waals surface area contributed by atoms with Crippen LogP contribution < -0.4 is 5.32 Å². The second kappa shape index (κ2) is 6.75. The van der Waals surface area contributed by atoms with E-state index in [-0.39, 0.29) is 35.7 Å². The van der Waals surface area contributed by atoms with Gasteiger partial charge in [-0.1, -0.05) is 43.2 Å². The molecule has 0 aromatic heterocycles. The third kappa shape index (κ3) is 3.50. The molecule has 1 aliphatic carbocycles. The summed E-state index contributed by atoms with van der Waals surface area (Å²) in [5, 5.41) is 2.86. The highest BCUT2D eigenvalue weighted by Crippen LogP contribution is 2.46. The number of nitrogens with zero attached hydrogens (tertiary/aromatic N) is 1. The molecule has 3 amide bonds. The number of likely N-dealkylation sites (tertiary alicyclic amines) is 1. The first-order valence-corrected chi connectivity index (χ1v) is 8.67. The molecule has 1 aliphatic heterocycles. The summed E-state index contributed by atoms with van der Waals surface area (Å²) in [7, 11) is 0. The fourth-order valence-corrected chi connectivity index (χ4v) is 3.94. The summed E-state index contributed by atoms with van der Waals surface area (Å²) in [6, 6.07) is 9.46. The van der Waals surface area contributed by atoms with E-state index in [2.05, 4.69) is 5.32 Å². The molecule has 0 radical (unpaired) electrons. The van der Waals surface area contributed by atoms with E-state index in [9.17, 15) is 14.4 Å². The van der Waals surface area contributed by atoms with E-state index in [1.54, 1.807) is 0 Å². The van der Waals surface area contributed by atoms with Crippen molar-refractivity contribution >= 4 is 17.7 Å². The molecule has 5 nitrogen and oxygen atoms in total. The van der Waals surface area contributed by atoms with Crippen molar-refractivity contribution in [2.24, 2.45) is 5.41 Å². The Morgan fingerprint density at radius 1 is 1.12 bits per heavy atom. The first-order chi connectivity index (χ1) is 11.5. The van der Waals surface area contributed by atoms with Crippen molar-refractivity contribution in [2.45, 2.75) is 51.5 Å². The number of piperidine rings is 1. The second-order valence-electron chi connectivity index (χ2n) is 7.13. The molecule has 128 valence electrons. The molecule has 0 bridgehead atoms. The average molecular weight is 328 g/mol. The van der Waals surface area contributed by atoms with Gasteiger partial charge in [0.2, 0.25) is 17.7 Å². The van der Waals surface area contributed by atoms with E-state index in [1.165, 1.54) is 0 Å². The van der Waals surface area contributed by atoms with Gasteiger partial charge < -0.3 is 5.32 Å². The Hall–Kier alpha value is -2.17. The monoisotopic (exact) mass is 328 g/mol. The van der Waals surface area contributed by atoms with Crippen molar-refractivity contribution in [1.29, 1.82) is 0 Å². The smallest absolute Gasteiger partial charge is 0.240 e. The van der Waals surface area contributed by atoms with Crippen molar-refractivity contribution in [3.63, 3.8) is 0 Å². The van der Waals surface area contributed by atoms with Gasteiger partial charge in [-0.15, -0.1) is 0 Å². The zero-order chi connectivity index (χ0) is 17.2. The van der Waals surface area contributed by atoms with Gasteiger partial charge in [-0.3, -0.25) is 19.3 Å². The number of hydrogen-bond acceptors (Lipinski definition) is 3. The maximum absolute atomic E-state index is 12.4. The SMILES string of the molecule is C[C@H](NC(=O)CN1C(=O)CC2(CCCC2)CC1=O)c1ccccc1. The predicted molar refractivity (Wildman–Crippen MR) is 89.9 cm³/mol. The Bertz CT molecular complexity index is 615. The minimum atomic E-state index is -0.296. The summed E-state index contributed by atoms with van der Waals surface area (Å²) in [5.74, 6) is -0.693. The van der Waals surface area contributed by atoms with Crippen LogP contribution >= 0.6 is 0 Å². The lowest BCUT2D eigenvalue weighted by Gasteiger charge is -2.37. The number of imide groups is 1. The standard InChI is InChI=1S/C19H24N2O3/c1-14(15-7-3-2-4-8-15)20-16(22)13-21-17(23)11-19(12-18(21)24)9-5-6-10-19/h2-4,7-8,14H,5-6,9-13H2,1H3,(H,20,22)/t14-/m0/s1. The fourth-order valence-electron chi connectivity index (χ4n) is 3.94. The van der Waals surface area contributed by atoms with Crippen molar-refractivity contribution in [3.8, 4) is 0 Å². The summed E-state index contributed by atoms with van der Waals surface area (Å²) < 4.78 is 0. The zero-order valence-electron chi connectivity index (χ0n) is 14.1. The molecule has 3 rings (SSSR count). The molecular formula is C19H24N2O3. The Morgan fingerprint density at radius 3 is 2.29 bits per heavy atom. The van der Waals surface area contributed by atoms with E-state index in [4.69, 9.17) is 0 Å². The van der Waals surface area contributed by atoms with Crippen molar-refractivity contribution in [3.05, 3.63) is 35.9 Å². The summed E-state index contributed by atoms with van der Waals surface area (Å²) in [5.41, 5.74) is 0.866. The van der Waals surface area contributed by atoms with E-state index < -0.39 is 0 Å². The molecule has 1 saturated heterocycles. The van der Waals surface area contributed by atoms with Gasteiger partial charge in [0, 0.05) is 12.8 Å². The molecule has 1 heterocycles. The molecule has 1 aromatic carbocycles. The molecule has 1 N–H and O–H groups in total. The lowest BCUT2D eigenvalue weighted by atomic mass is 9.76. The molecule has 2 fully saturated rings. The third-order valence-corrected chi connectivity index (χ3v) is 5.30. The number of benzene rings is 1. The van der Waals surface area contributed by atoms with Gasteiger partial charge in [0.15, 0.2) is 0 Å². The van der Waals surface area contributed by atoms with Crippen molar-refractivity contribution in [2.75, 3.05) is 6.54 Å². The number of rotatable bonds is 4. The second-order valence-corrected chi connectivity index (χ2v) is 7.13. The maximum atomic E-state index is 12.4. The molecule has 24 heavy (non-hydrogen) atoms. The molecule has 2 aliphatic rings. The van der Waals surface area contributed by atoms with Crippen LogP contribution in [0.25, 0.3) is 0 Å². The Kier molecular flexibility index (Phi) is 4.69. The summed E-state index contributed by atoms with van der Waals surface area (Å²) >= 11 is 0. The van der Waals surface area contributed by atoms with E-state index >= 15 is 0 Å². The normalized spacial score (nSPS) is 21.1. The van der Waals surface area contributed by atoms with E-state index in [0.717, 1.165) is 36.1 Å². The molecule has 1 saturated carbocycles. The lowest BCUT2D eigenvalue weighted by Crippen LogP contribution is -2.51. The highest BCUT2D eigenvalue weighted by Gasteiger charge is 2.45. The number of carbonyl (C=O) groups excluding carboxylic acids is 3. The van der Waals surface area contributed by atoms with Gasteiger partial charge in [0.25, 0.3) is 0 Å². The van der Waals surface area contributed by atoms with Gasteiger partial charge >= 0.3 is 0 Å². The van der Waals surface area contributed by atoms with Gasteiger partial charge in [0.1, 0.15) is 6.54 Å². The highest BCUT2D eigenvalue weighted by molar-refractivity contribution is 6.01. The van der Waals surface area contributed by atoms with Crippen molar-refractivity contribution < 1.29 is 14.4 Å². The van der Waals surface area contributed by atoms with Crippen LogP contribution in [0.2, 0.25) is 0 Å². The number of amides is 3. The van der Waals surface area contributed by atoms with Crippen LogP contribution in [0.15, 0.2) is 30.3 Å².